The molecule has 0 aliphatic rings. The van der Waals surface area contributed by atoms with Crippen LogP contribution in [0, 0.1) is 10.1 Å². The minimum absolute atomic E-state index is 0.182. The van der Waals surface area contributed by atoms with Crippen molar-refractivity contribution in [1.82, 2.24) is 19.6 Å². The molecule has 0 saturated heterocycles. The molecule has 2 N–H and O–H groups in total. The molecule has 0 atom stereocenters. The molecule has 11 heteroatoms. The van der Waals surface area contributed by atoms with Gasteiger partial charge in [0.1, 0.15) is 6.54 Å². The lowest BCUT2D eigenvalue weighted by atomic mass is 10.2. The Bertz CT molecular complexity index is 1010. The molecule has 0 aliphatic carbocycles. The fourth-order valence-electron chi connectivity index (χ4n) is 2.29. The van der Waals surface area contributed by atoms with Gasteiger partial charge < -0.3 is 20.7 Å². The highest BCUT2D eigenvalue weighted by Gasteiger charge is 2.14. The van der Waals surface area contributed by atoms with Gasteiger partial charge in [0.25, 0.3) is 5.91 Å². The lowest BCUT2D eigenvalue weighted by molar-refractivity contribution is -0.389. The molecule has 0 bridgehead atoms. The van der Waals surface area contributed by atoms with Crippen LogP contribution in [0.5, 0.6) is 0 Å². The number of nitrogens with one attached hydrogen (secondary N) is 2. The van der Waals surface area contributed by atoms with Gasteiger partial charge in [-0.1, -0.05) is 6.07 Å². The molecule has 0 aliphatic heterocycles. The van der Waals surface area contributed by atoms with Gasteiger partial charge in [-0.25, -0.2) is 0 Å². The normalized spacial score (nSPS) is 10.4. The van der Waals surface area contributed by atoms with E-state index in [4.69, 9.17) is 0 Å². The van der Waals surface area contributed by atoms with Crippen molar-refractivity contribution in [2.45, 2.75) is 6.54 Å². The third-order valence-electron chi connectivity index (χ3n) is 3.47. The number of hydrogen-bond donors (Lipinski definition) is 2. The van der Waals surface area contributed by atoms with Crippen molar-refractivity contribution in [3.05, 3.63) is 64.6 Å². The molecule has 0 saturated carbocycles. The van der Waals surface area contributed by atoms with E-state index in [0.29, 0.717) is 11.4 Å². The van der Waals surface area contributed by atoms with Crippen LogP contribution in [0.25, 0.3) is 0 Å². The minimum Gasteiger partial charge on any atom is -0.358 e. The second kappa shape index (κ2) is 7.47. The van der Waals surface area contributed by atoms with Gasteiger partial charge in [0.05, 0.1) is 17.4 Å². The van der Waals surface area contributed by atoms with Gasteiger partial charge in [0.2, 0.25) is 5.91 Å². The van der Waals surface area contributed by atoms with E-state index in [2.05, 4.69) is 20.8 Å². The summed E-state index contributed by atoms with van der Waals surface area (Å²) in [4.78, 5) is 34.2. The van der Waals surface area contributed by atoms with Gasteiger partial charge in [-0.05, 0) is 29.2 Å². The van der Waals surface area contributed by atoms with E-state index >= 15 is 0 Å². The summed E-state index contributed by atoms with van der Waals surface area (Å²) in [6.07, 6.45) is 3.01. The van der Waals surface area contributed by atoms with E-state index in [1.54, 1.807) is 43.6 Å². The van der Waals surface area contributed by atoms with Gasteiger partial charge >= 0.3 is 5.82 Å². The highest BCUT2D eigenvalue weighted by Crippen LogP contribution is 2.16. The molecule has 11 nitrogen and oxygen atoms in total. The van der Waals surface area contributed by atoms with Gasteiger partial charge in [0.15, 0.2) is 5.69 Å². The quantitative estimate of drug-likeness (QED) is 0.498. The van der Waals surface area contributed by atoms with E-state index in [1.807, 2.05) is 0 Å². The zero-order chi connectivity index (χ0) is 19.4. The summed E-state index contributed by atoms with van der Waals surface area (Å²) < 4.78 is 2.69. The molecule has 138 valence electrons. The maximum absolute atomic E-state index is 12.1. The van der Waals surface area contributed by atoms with Crippen molar-refractivity contribution in [3.8, 4) is 0 Å². The van der Waals surface area contributed by atoms with Crippen molar-refractivity contribution < 1.29 is 14.5 Å². The molecule has 0 spiro atoms. The van der Waals surface area contributed by atoms with Crippen LogP contribution >= 0.6 is 0 Å². The van der Waals surface area contributed by atoms with Crippen LogP contribution in [0.2, 0.25) is 0 Å². The monoisotopic (exact) mass is 369 g/mol. The van der Waals surface area contributed by atoms with Crippen LogP contribution < -0.4 is 10.6 Å². The largest absolute Gasteiger partial charge is 0.389 e. The Morgan fingerprint density at radius 2 is 1.85 bits per heavy atom. The lowest BCUT2D eigenvalue weighted by Gasteiger charge is -2.07. The first-order valence-electron chi connectivity index (χ1n) is 7.79. The first-order chi connectivity index (χ1) is 12.9. The van der Waals surface area contributed by atoms with Crippen LogP contribution in [0.4, 0.5) is 17.2 Å². The topological polar surface area (TPSA) is 137 Å². The minimum atomic E-state index is -0.637. The maximum Gasteiger partial charge on any atom is 0.389 e. The van der Waals surface area contributed by atoms with Crippen molar-refractivity contribution in [1.29, 1.82) is 0 Å². The molecule has 2 heterocycles. The number of carbonyl (C=O) groups is 2. The molecular weight excluding hydrogens is 354 g/mol. The van der Waals surface area contributed by atoms with Crippen LogP contribution in [-0.4, -0.2) is 36.3 Å². The van der Waals surface area contributed by atoms with E-state index in [1.165, 1.54) is 21.6 Å². The van der Waals surface area contributed by atoms with Gasteiger partial charge in [-0.2, -0.15) is 9.78 Å². The second-order valence-corrected chi connectivity index (χ2v) is 5.59. The Morgan fingerprint density at radius 3 is 2.48 bits per heavy atom. The SMILES string of the molecule is Cn1ccc(C(=O)Nc2cccc(NC(=O)Cn3ccc([N+](=O)[O-])n3)c2)n1. The number of rotatable bonds is 6. The molecular formula is C16H15N7O4. The number of aromatic nitrogens is 4. The number of nitrogens with zero attached hydrogens (tertiary/aromatic N) is 5. The Labute approximate surface area is 152 Å². The average molecular weight is 369 g/mol. The third kappa shape index (κ3) is 4.54. The zero-order valence-electron chi connectivity index (χ0n) is 14.2. The molecule has 1 aromatic carbocycles. The summed E-state index contributed by atoms with van der Waals surface area (Å²) in [6.45, 7) is -0.182. The molecule has 0 fully saturated rings. The maximum atomic E-state index is 12.1. The molecule has 2 amide bonds. The Morgan fingerprint density at radius 1 is 1.11 bits per heavy atom. The lowest BCUT2D eigenvalue weighted by Crippen LogP contribution is -2.19. The third-order valence-corrected chi connectivity index (χ3v) is 3.47. The van der Waals surface area contributed by atoms with Gasteiger partial charge in [-0.3, -0.25) is 14.3 Å². The summed E-state index contributed by atoms with van der Waals surface area (Å²) in [5.41, 5.74) is 1.21. The van der Waals surface area contributed by atoms with Crippen molar-refractivity contribution in [2.24, 2.45) is 7.05 Å². The predicted octanol–water partition coefficient (Wildman–Crippen LogP) is 1.42. The van der Waals surface area contributed by atoms with Crippen molar-refractivity contribution >= 4 is 29.0 Å². The number of nitro groups is 1. The average Bonchev–Trinajstić information content (AvgIpc) is 3.24. The summed E-state index contributed by atoms with van der Waals surface area (Å²) in [5.74, 6) is -1.12. The number of aryl methyl sites for hydroxylation is 1. The van der Waals surface area contributed by atoms with E-state index in [9.17, 15) is 19.7 Å². The first kappa shape index (κ1) is 17.8. The number of carbonyl (C=O) groups excluding carboxylic acids is 2. The molecule has 3 aromatic rings. The molecule has 0 radical (unpaired) electrons. The number of anilines is 2. The second-order valence-electron chi connectivity index (χ2n) is 5.59. The van der Waals surface area contributed by atoms with E-state index in [0.717, 1.165) is 0 Å². The summed E-state index contributed by atoms with van der Waals surface area (Å²) in [6, 6.07) is 9.38. The standard InChI is InChI=1S/C16H15N7O4/c1-21-7-5-13(19-21)16(25)18-12-4-2-3-11(9-12)17-15(24)10-22-8-6-14(20-22)23(26)27/h2-9H,10H2,1H3,(H,17,24)(H,18,25). The van der Waals surface area contributed by atoms with Crippen LogP contribution in [0.15, 0.2) is 48.8 Å². The van der Waals surface area contributed by atoms with Gasteiger partial charge in [0, 0.05) is 24.6 Å². The molecule has 2 aromatic heterocycles. The highest BCUT2D eigenvalue weighted by atomic mass is 16.6. The molecule has 0 unspecified atom stereocenters. The first-order valence-corrected chi connectivity index (χ1v) is 7.79. The van der Waals surface area contributed by atoms with Crippen LogP contribution in [0.3, 0.4) is 0 Å². The number of amides is 2. The van der Waals surface area contributed by atoms with Crippen molar-refractivity contribution in [2.75, 3.05) is 10.6 Å². The Kier molecular flexibility index (Phi) is 4.92. The number of hydrogen-bond acceptors (Lipinski definition) is 6. The molecule has 27 heavy (non-hydrogen) atoms. The summed E-state index contributed by atoms with van der Waals surface area (Å²) in [7, 11) is 1.71. The summed E-state index contributed by atoms with van der Waals surface area (Å²) in [5, 5.41) is 23.6. The smallest absolute Gasteiger partial charge is 0.358 e. The van der Waals surface area contributed by atoms with E-state index < -0.39 is 10.8 Å². The zero-order valence-corrected chi connectivity index (χ0v) is 14.2. The predicted molar refractivity (Wildman–Crippen MR) is 95.1 cm³/mol. The summed E-state index contributed by atoms with van der Waals surface area (Å²) >= 11 is 0. The Balaban J connectivity index is 1.61. The highest BCUT2D eigenvalue weighted by molar-refractivity contribution is 6.03. The van der Waals surface area contributed by atoms with Crippen LogP contribution in [-0.2, 0) is 18.4 Å². The number of benzene rings is 1. The van der Waals surface area contributed by atoms with Crippen molar-refractivity contribution in [3.63, 3.8) is 0 Å². The van der Waals surface area contributed by atoms with Crippen LogP contribution in [0.1, 0.15) is 10.5 Å². The fraction of sp³-hybridized carbons (Fsp3) is 0.125. The Hall–Kier alpha value is -4.02. The fourth-order valence-corrected chi connectivity index (χ4v) is 2.29. The molecule has 3 rings (SSSR count). The van der Waals surface area contributed by atoms with Gasteiger partial charge in [-0.15, -0.1) is 0 Å². The van der Waals surface area contributed by atoms with E-state index in [-0.39, 0.29) is 24.0 Å².